The molecule has 0 saturated carbocycles. The Bertz CT molecular complexity index is 1130. The monoisotopic (exact) mass is 707 g/mol. The van der Waals surface area contributed by atoms with Gasteiger partial charge < -0.3 is 10.2 Å². The number of rotatable bonds is 6. The summed E-state index contributed by atoms with van der Waals surface area (Å²) in [7, 11) is 5.67. The SMILES string of the molecule is CN(C)C1CC[N-]C(c2[c-]cc(F)cc2)C1.[Ir].c1ccc(Pc2ccccc2Pc2ccccc2)cc1. The van der Waals surface area contributed by atoms with Crippen LogP contribution in [0.1, 0.15) is 24.4 Å². The van der Waals surface area contributed by atoms with E-state index in [1.807, 2.05) is 0 Å². The van der Waals surface area contributed by atoms with Gasteiger partial charge >= 0.3 is 0 Å². The summed E-state index contributed by atoms with van der Waals surface area (Å²) in [6.45, 7) is 0.888. The van der Waals surface area contributed by atoms with Crippen molar-refractivity contribution in [1.82, 2.24) is 4.90 Å². The summed E-state index contributed by atoms with van der Waals surface area (Å²) in [6.07, 6.45) is 2.12. The van der Waals surface area contributed by atoms with Crippen molar-refractivity contribution in [2.75, 3.05) is 20.6 Å². The third-order valence-electron chi connectivity index (χ3n) is 6.23. The third kappa shape index (κ3) is 9.49. The fourth-order valence-corrected chi connectivity index (χ4v) is 6.71. The first-order valence-corrected chi connectivity index (χ1v) is 14.3. The van der Waals surface area contributed by atoms with Gasteiger partial charge in [-0.25, -0.2) is 0 Å². The second kappa shape index (κ2) is 15.6. The van der Waals surface area contributed by atoms with Gasteiger partial charge in [0.1, 0.15) is 0 Å². The smallest absolute Gasteiger partial charge is 0.00872 e. The van der Waals surface area contributed by atoms with E-state index in [9.17, 15) is 4.39 Å². The van der Waals surface area contributed by atoms with Crippen LogP contribution in [0.3, 0.4) is 0 Å². The molecule has 0 aromatic heterocycles. The summed E-state index contributed by atoms with van der Waals surface area (Å²) < 4.78 is 12.8. The number of piperidine rings is 1. The zero-order valence-electron chi connectivity index (χ0n) is 21.2. The van der Waals surface area contributed by atoms with Crippen LogP contribution in [0.15, 0.2) is 103 Å². The number of hydrogen-bond donors (Lipinski definition) is 0. The molecule has 4 aromatic carbocycles. The normalized spacial score (nSPS) is 17.5. The Hall–Kier alpha value is -1.76. The van der Waals surface area contributed by atoms with E-state index in [0.717, 1.165) is 42.1 Å². The maximum atomic E-state index is 12.8. The van der Waals surface area contributed by atoms with Gasteiger partial charge in [0, 0.05) is 32.0 Å². The topological polar surface area (TPSA) is 17.3 Å². The molecule has 0 spiro atoms. The molecule has 4 aromatic rings. The summed E-state index contributed by atoms with van der Waals surface area (Å²) in [5.74, 6) is -0.233. The van der Waals surface area contributed by atoms with E-state index in [2.05, 4.69) is 115 Å². The van der Waals surface area contributed by atoms with Crippen molar-refractivity contribution in [2.45, 2.75) is 24.9 Å². The Labute approximate surface area is 238 Å². The molecule has 1 fully saturated rings. The molecule has 1 aliphatic heterocycles. The molecule has 0 N–H and O–H groups in total. The van der Waals surface area contributed by atoms with E-state index < -0.39 is 0 Å². The van der Waals surface area contributed by atoms with Crippen molar-refractivity contribution in [3.63, 3.8) is 0 Å². The van der Waals surface area contributed by atoms with E-state index in [-0.39, 0.29) is 32.0 Å². The molecule has 0 aliphatic carbocycles. The molecular weight excluding hydrogens is 674 g/mol. The van der Waals surface area contributed by atoms with Crippen molar-refractivity contribution >= 4 is 38.4 Å². The molecule has 6 heteroatoms. The van der Waals surface area contributed by atoms with Crippen LogP contribution < -0.4 is 21.2 Å². The summed E-state index contributed by atoms with van der Waals surface area (Å²) in [4.78, 5) is 2.24. The molecule has 1 saturated heterocycles. The first-order valence-electron chi connectivity index (χ1n) is 12.3. The summed E-state index contributed by atoms with van der Waals surface area (Å²) in [5, 5.41) is 10.3. The van der Waals surface area contributed by atoms with Gasteiger partial charge in [0.05, 0.1) is 0 Å². The quantitative estimate of drug-likeness (QED) is 0.186. The van der Waals surface area contributed by atoms with Gasteiger partial charge in [-0.1, -0.05) is 115 Å². The fraction of sp³-hybridized carbons (Fsp3) is 0.226. The van der Waals surface area contributed by atoms with Crippen LogP contribution in [-0.4, -0.2) is 31.6 Å². The molecule has 2 nitrogen and oxygen atoms in total. The zero-order valence-corrected chi connectivity index (χ0v) is 25.6. The average molecular weight is 707 g/mol. The Balaban J connectivity index is 0.000000205. The van der Waals surface area contributed by atoms with Crippen molar-refractivity contribution in [3.8, 4) is 0 Å². The molecule has 4 atom stereocenters. The van der Waals surface area contributed by atoms with Gasteiger partial charge in [0.2, 0.25) is 0 Å². The molecule has 195 valence electrons. The Morgan fingerprint density at radius 3 is 1.81 bits per heavy atom. The number of halogens is 1. The molecular formula is C31H33FIrN2P2-2. The molecule has 0 bridgehead atoms. The van der Waals surface area contributed by atoms with Gasteiger partial charge in [0.25, 0.3) is 0 Å². The summed E-state index contributed by atoms with van der Waals surface area (Å²) >= 11 is 0. The number of nitrogens with zero attached hydrogens (tertiary/aromatic N) is 2. The first-order chi connectivity index (χ1) is 17.6. The van der Waals surface area contributed by atoms with Crippen LogP contribution in [0, 0.1) is 11.9 Å². The van der Waals surface area contributed by atoms with E-state index in [1.165, 1.54) is 33.4 Å². The molecule has 1 radical (unpaired) electrons. The fourth-order valence-electron chi connectivity index (χ4n) is 4.20. The van der Waals surface area contributed by atoms with Gasteiger partial charge in [0.15, 0.2) is 0 Å². The Morgan fingerprint density at radius 1 is 0.784 bits per heavy atom. The molecule has 5 rings (SSSR count). The summed E-state index contributed by atoms with van der Waals surface area (Å²) in [6, 6.07) is 38.7. The first kappa shape index (κ1) is 29.8. The minimum absolute atomic E-state index is 0. The number of benzene rings is 4. The maximum absolute atomic E-state index is 12.8. The van der Waals surface area contributed by atoms with Crippen molar-refractivity contribution in [3.05, 3.63) is 126 Å². The molecule has 0 amide bonds. The van der Waals surface area contributed by atoms with Crippen LogP contribution in [0.5, 0.6) is 0 Å². The minimum atomic E-state index is -0.233. The van der Waals surface area contributed by atoms with E-state index in [0.29, 0.717) is 6.04 Å². The van der Waals surface area contributed by atoms with Crippen LogP contribution >= 0.6 is 17.2 Å². The van der Waals surface area contributed by atoms with Crippen LogP contribution in [-0.2, 0) is 20.1 Å². The van der Waals surface area contributed by atoms with Crippen LogP contribution in [0.25, 0.3) is 5.32 Å². The van der Waals surface area contributed by atoms with E-state index in [1.54, 1.807) is 6.07 Å². The largest absolute Gasteiger partial charge is 0.657 e. The third-order valence-corrected chi connectivity index (χ3v) is 9.13. The minimum Gasteiger partial charge on any atom is -0.657 e. The zero-order chi connectivity index (χ0) is 25.2. The molecule has 37 heavy (non-hydrogen) atoms. The Morgan fingerprint density at radius 2 is 1.32 bits per heavy atom. The molecule has 1 heterocycles. The van der Waals surface area contributed by atoms with Crippen molar-refractivity contribution in [1.29, 1.82) is 0 Å². The second-order valence-corrected chi connectivity index (χ2v) is 11.8. The predicted octanol–water partition coefficient (Wildman–Crippen LogP) is 5.71. The second-order valence-electron chi connectivity index (χ2n) is 9.05. The van der Waals surface area contributed by atoms with Crippen molar-refractivity contribution < 1.29 is 24.5 Å². The predicted molar refractivity (Wildman–Crippen MR) is 157 cm³/mol. The van der Waals surface area contributed by atoms with Crippen LogP contribution in [0.4, 0.5) is 4.39 Å². The summed E-state index contributed by atoms with van der Waals surface area (Å²) in [5.41, 5.74) is 1.01. The molecule has 4 unspecified atom stereocenters. The van der Waals surface area contributed by atoms with Crippen molar-refractivity contribution in [2.24, 2.45) is 0 Å². The molecule has 1 aliphatic rings. The van der Waals surface area contributed by atoms with Gasteiger partial charge in [-0.3, -0.25) is 4.39 Å². The van der Waals surface area contributed by atoms with E-state index in [4.69, 9.17) is 0 Å². The average Bonchev–Trinajstić information content (AvgIpc) is 2.92. The Kier molecular flexibility index (Phi) is 12.6. The van der Waals surface area contributed by atoms with Gasteiger partial charge in [-0.05, 0) is 35.3 Å². The standard InChI is InChI=1S/C18H16P2.C13H17FN2.Ir/c1-3-9-15(10-4-1)19-17-13-7-8-14-18(17)20-16-11-5-2-6-12-16;1-16(2)12-7-8-15-13(9-12)10-3-5-11(14)6-4-10;/h1-14,19-20H;3,5-6,12-13H,7-9H2,1-2H3;/q;-2;. The van der Waals surface area contributed by atoms with Gasteiger partial charge in [-0.2, -0.15) is 17.7 Å². The van der Waals surface area contributed by atoms with E-state index >= 15 is 0 Å². The van der Waals surface area contributed by atoms with Gasteiger partial charge in [-0.15, -0.1) is 24.7 Å². The number of hydrogen-bond acceptors (Lipinski definition) is 1. The van der Waals surface area contributed by atoms with Crippen LogP contribution in [0.2, 0.25) is 0 Å². The maximum Gasteiger partial charge on any atom is 0.00872 e.